The molecule has 28 heavy (non-hydrogen) atoms. The van der Waals surface area contributed by atoms with Gasteiger partial charge in [0, 0.05) is 18.1 Å². The van der Waals surface area contributed by atoms with E-state index in [1.165, 1.54) is 18.9 Å². The number of nitrogens with zero attached hydrogens (tertiary/aromatic N) is 3. The Kier molecular flexibility index (Phi) is 7.42. The van der Waals surface area contributed by atoms with Crippen LogP contribution in [0.25, 0.3) is 0 Å². The third-order valence-corrected chi connectivity index (χ3v) is 4.40. The van der Waals surface area contributed by atoms with Crippen molar-refractivity contribution in [1.82, 2.24) is 10.2 Å². The lowest BCUT2D eigenvalue weighted by atomic mass is 10.2. The van der Waals surface area contributed by atoms with Crippen molar-refractivity contribution in [3.8, 4) is 5.75 Å². The smallest absolute Gasteiger partial charge is 0.326 e. The van der Waals surface area contributed by atoms with Crippen LogP contribution in [0.3, 0.4) is 0 Å². The minimum Gasteiger partial charge on any atom is -0.495 e. The lowest BCUT2D eigenvalue weighted by molar-refractivity contribution is -0.151. The Hall–Kier alpha value is -2.58. The Labute approximate surface area is 172 Å². The quantitative estimate of drug-likeness (QED) is 0.679. The second-order valence-electron chi connectivity index (χ2n) is 5.99. The second kappa shape index (κ2) is 9.57. The number of hydrogen-bond donors (Lipinski definition) is 1. The fourth-order valence-electron chi connectivity index (χ4n) is 2.24. The Bertz CT molecular complexity index is 861. The number of halogens is 2. The van der Waals surface area contributed by atoms with Gasteiger partial charge in [0.2, 0.25) is 0 Å². The maximum absolute atomic E-state index is 12.4. The van der Waals surface area contributed by atoms with Crippen LogP contribution in [0.15, 0.2) is 24.3 Å². The summed E-state index contributed by atoms with van der Waals surface area (Å²) in [5, 5.41) is 11.0. The Morgan fingerprint density at radius 3 is 2.57 bits per heavy atom. The number of hydrogen-bond acceptors (Lipinski definition) is 7. The summed E-state index contributed by atoms with van der Waals surface area (Å²) in [5.41, 5.74) is 1.21. The maximum Gasteiger partial charge on any atom is 0.326 e. The highest BCUT2D eigenvalue weighted by Gasteiger charge is 2.21. The molecule has 10 heteroatoms. The molecule has 2 rings (SSSR count). The number of aromatic nitrogens is 2. The van der Waals surface area contributed by atoms with Gasteiger partial charge in [-0.25, -0.2) is 0 Å². The largest absolute Gasteiger partial charge is 0.495 e. The number of anilines is 2. The number of nitrogens with one attached hydrogen (secondary N) is 1. The van der Waals surface area contributed by atoms with Gasteiger partial charge in [0.25, 0.3) is 5.91 Å². The topological polar surface area (TPSA) is 93.6 Å². The first-order valence-corrected chi connectivity index (χ1v) is 9.01. The average Bonchev–Trinajstić information content (AvgIpc) is 2.64. The molecule has 0 saturated heterocycles. The summed E-state index contributed by atoms with van der Waals surface area (Å²) in [7, 11) is 3.11. The van der Waals surface area contributed by atoms with Crippen LogP contribution in [0.1, 0.15) is 12.5 Å². The number of esters is 1. The highest BCUT2D eigenvalue weighted by atomic mass is 35.5. The van der Waals surface area contributed by atoms with Crippen molar-refractivity contribution in [2.24, 2.45) is 0 Å². The molecule has 0 saturated carbocycles. The molecule has 1 aromatic carbocycles. The van der Waals surface area contributed by atoms with Gasteiger partial charge >= 0.3 is 5.97 Å². The summed E-state index contributed by atoms with van der Waals surface area (Å²) in [6.45, 7) is 3.16. The first-order chi connectivity index (χ1) is 13.2. The van der Waals surface area contributed by atoms with E-state index in [4.69, 9.17) is 32.7 Å². The predicted octanol–water partition coefficient (Wildman–Crippen LogP) is 3.11. The average molecular weight is 427 g/mol. The number of amides is 1. The maximum atomic E-state index is 12.4. The number of rotatable bonds is 7. The zero-order valence-corrected chi connectivity index (χ0v) is 17.3. The molecule has 1 unspecified atom stereocenters. The van der Waals surface area contributed by atoms with E-state index in [1.807, 2.05) is 0 Å². The number of ether oxygens (including phenoxy) is 2. The summed E-state index contributed by atoms with van der Waals surface area (Å²) in [4.78, 5) is 26.0. The number of carbonyl (C=O) groups is 2. The van der Waals surface area contributed by atoms with Crippen molar-refractivity contribution >= 4 is 46.6 Å². The van der Waals surface area contributed by atoms with Gasteiger partial charge in [-0.1, -0.05) is 23.2 Å². The van der Waals surface area contributed by atoms with Crippen LogP contribution in [-0.2, 0) is 14.3 Å². The fraction of sp³-hybridized carbons (Fsp3) is 0.333. The zero-order chi connectivity index (χ0) is 20.8. The SMILES string of the molecule is COc1cc(Cl)c(C)cc1NC(=O)C(C)OC(=O)CN(C)c1ccc(Cl)nn1. The zero-order valence-electron chi connectivity index (χ0n) is 15.8. The van der Waals surface area contributed by atoms with Crippen LogP contribution in [0.4, 0.5) is 11.5 Å². The van der Waals surface area contributed by atoms with Crippen LogP contribution in [-0.4, -0.2) is 48.9 Å². The van der Waals surface area contributed by atoms with Crippen molar-refractivity contribution in [1.29, 1.82) is 0 Å². The van der Waals surface area contributed by atoms with Gasteiger partial charge in [-0.05, 0) is 37.6 Å². The molecule has 1 N–H and O–H groups in total. The standard InChI is InChI=1S/C18H20Cl2N4O4/c1-10-7-13(14(27-4)8-12(10)19)21-18(26)11(2)28-17(25)9-24(3)16-6-5-15(20)22-23-16/h5-8,11H,9H2,1-4H3,(H,21,26). The van der Waals surface area contributed by atoms with Crippen LogP contribution in [0.5, 0.6) is 5.75 Å². The van der Waals surface area contributed by atoms with E-state index in [1.54, 1.807) is 38.2 Å². The van der Waals surface area contributed by atoms with Crippen molar-refractivity contribution in [3.05, 3.63) is 40.0 Å². The summed E-state index contributed by atoms with van der Waals surface area (Å²) < 4.78 is 10.4. The molecule has 1 atom stereocenters. The summed E-state index contributed by atoms with van der Waals surface area (Å²) in [6.07, 6.45) is -1.02. The first-order valence-electron chi connectivity index (χ1n) is 8.26. The summed E-state index contributed by atoms with van der Waals surface area (Å²) >= 11 is 11.7. The Balaban J connectivity index is 1.95. The van der Waals surface area contributed by atoms with Gasteiger partial charge in [-0.3, -0.25) is 9.59 Å². The van der Waals surface area contributed by atoms with Crippen LogP contribution in [0.2, 0.25) is 10.2 Å². The molecule has 0 aliphatic rings. The molecule has 8 nitrogen and oxygen atoms in total. The number of methoxy groups -OCH3 is 1. The molecular weight excluding hydrogens is 407 g/mol. The lowest BCUT2D eigenvalue weighted by Gasteiger charge is -2.19. The summed E-state index contributed by atoms with van der Waals surface area (Å²) in [6, 6.07) is 6.46. The van der Waals surface area contributed by atoms with Crippen LogP contribution < -0.4 is 15.0 Å². The molecule has 2 aromatic rings. The molecule has 1 aromatic heterocycles. The minimum atomic E-state index is -1.02. The number of aryl methyl sites for hydroxylation is 1. The van der Waals surface area contributed by atoms with Crippen molar-refractivity contribution < 1.29 is 19.1 Å². The predicted molar refractivity (Wildman–Crippen MR) is 107 cm³/mol. The molecule has 150 valence electrons. The number of carbonyl (C=O) groups excluding carboxylic acids is 2. The van der Waals surface area contributed by atoms with E-state index < -0.39 is 18.0 Å². The fourth-order valence-corrected chi connectivity index (χ4v) is 2.49. The Morgan fingerprint density at radius 2 is 1.96 bits per heavy atom. The monoisotopic (exact) mass is 426 g/mol. The van der Waals surface area contributed by atoms with E-state index in [0.29, 0.717) is 22.3 Å². The Morgan fingerprint density at radius 1 is 1.25 bits per heavy atom. The van der Waals surface area contributed by atoms with Gasteiger partial charge in [0.1, 0.15) is 12.3 Å². The molecule has 0 spiro atoms. The molecule has 0 fully saturated rings. The van der Waals surface area contributed by atoms with E-state index in [-0.39, 0.29) is 11.7 Å². The minimum absolute atomic E-state index is 0.114. The van der Waals surface area contributed by atoms with Gasteiger partial charge in [0.15, 0.2) is 17.1 Å². The third-order valence-electron chi connectivity index (χ3n) is 3.79. The van der Waals surface area contributed by atoms with Crippen LogP contribution in [0, 0.1) is 6.92 Å². The summed E-state index contributed by atoms with van der Waals surface area (Å²) in [5.74, 6) is -0.244. The molecular formula is C18H20Cl2N4O4. The second-order valence-corrected chi connectivity index (χ2v) is 6.79. The van der Waals surface area contributed by atoms with Gasteiger partial charge in [-0.15, -0.1) is 10.2 Å². The molecule has 0 bridgehead atoms. The lowest BCUT2D eigenvalue weighted by Crippen LogP contribution is -2.35. The van der Waals surface area contributed by atoms with E-state index in [9.17, 15) is 9.59 Å². The van der Waals surface area contributed by atoms with Crippen molar-refractivity contribution in [2.75, 3.05) is 30.9 Å². The van der Waals surface area contributed by atoms with E-state index in [2.05, 4.69) is 15.5 Å². The number of benzene rings is 1. The van der Waals surface area contributed by atoms with Crippen LogP contribution >= 0.6 is 23.2 Å². The highest BCUT2D eigenvalue weighted by molar-refractivity contribution is 6.31. The van der Waals surface area contributed by atoms with Crippen molar-refractivity contribution in [2.45, 2.75) is 20.0 Å². The first kappa shape index (κ1) is 21.7. The van der Waals surface area contributed by atoms with E-state index in [0.717, 1.165) is 5.56 Å². The van der Waals surface area contributed by atoms with Gasteiger partial charge in [0.05, 0.1) is 12.8 Å². The molecule has 0 aliphatic carbocycles. The van der Waals surface area contributed by atoms with Crippen molar-refractivity contribution in [3.63, 3.8) is 0 Å². The molecule has 1 heterocycles. The van der Waals surface area contributed by atoms with E-state index >= 15 is 0 Å². The third kappa shape index (κ3) is 5.71. The normalized spacial score (nSPS) is 11.5. The van der Waals surface area contributed by atoms with Gasteiger partial charge in [-0.2, -0.15) is 0 Å². The molecule has 1 amide bonds. The number of likely N-dealkylation sites (N-methyl/N-ethyl adjacent to an activating group) is 1. The van der Waals surface area contributed by atoms with Gasteiger partial charge < -0.3 is 19.7 Å². The highest BCUT2D eigenvalue weighted by Crippen LogP contribution is 2.31. The molecule has 0 aliphatic heterocycles. The molecule has 0 radical (unpaired) electrons.